The van der Waals surface area contributed by atoms with Crippen LogP contribution in [0, 0.1) is 6.92 Å². The molecule has 11 nitrogen and oxygen atoms in total. The fraction of sp³-hybridized carbons (Fsp3) is 0.222. The Hall–Kier alpha value is -4.93. The number of amides is 2. The molecule has 5 rings (SSSR count). The van der Waals surface area contributed by atoms with Gasteiger partial charge < -0.3 is 26.2 Å². The Balaban J connectivity index is 1.37. The number of aromatic nitrogens is 4. The number of para-hydroxylation sites is 1. The molecule has 1 fully saturated rings. The van der Waals surface area contributed by atoms with Gasteiger partial charge in [0.25, 0.3) is 0 Å². The number of aryl methyl sites for hydroxylation is 1. The zero-order valence-corrected chi connectivity index (χ0v) is 21.2. The molecule has 38 heavy (non-hydrogen) atoms. The minimum Gasteiger partial charge on any atom is -0.368 e. The quantitative estimate of drug-likeness (QED) is 0.277. The minimum atomic E-state index is -0.522. The van der Waals surface area contributed by atoms with Gasteiger partial charge in [-0.05, 0) is 48.9 Å². The zero-order chi connectivity index (χ0) is 26.6. The predicted octanol–water partition coefficient (Wildman–Crippen LogP) is 3.32. The first-order chi connectivity index (χ1) is 18.4. The SMILES string of the molecule is CC(=O)N1CCN(c2ccc(Nc3nc(Nc4ccccc4C=CC(N)=O)c4c(C)[nH]nc4n3)cc2)CC1. The van der Waals surface area contributed by atoms with E-state index >= 15 is 0 Å². The Morgan fingerprint density at radius 3 is 2.45 bits per heavy atom. The third kappa shape index (κ3) is 5.41. The summed E-state index contributed by atoms with van der Waals surface area (Å²) in [6.07, 6.45) is 2.98. The molecule has 4 aromatic rings. The Kier molecular flexibility index (Phi) is 6.90. The van der Waals surface area contributed by atoms with Crippen molar-refractivity contribution >= 4 is 57.8 Å². The number of carbonyl (C=O) groups excluding carboxylic acids is 2. The van der Waals surface area contributed by atoms with E-state index in [2.05, 4.69) is 30.7 Å². The Labute approximate surface area is 219 Å². The lowest BCUT2D eigenvalue weighted by Gasteiger charge is -2.35. The third-order valence-electron chi connectivity index (χ3n) is 6.45. The van der Waals surface area contributed by atoms with Crippen LogP contribution in [0.4, 0.5) is 28.8 Å². The monoisotopic (exact) mass is 511 g/mol. The van der Waals surface area contributed by atoms with Gasteiger partial charge in [-0.25, -0.2) is 0 Å². The van der Waals surface area contributed by atoms with E-state index in [1.807, 2.05) is 60.4 Å². The number of fused-ring (bicyclic) bond motifs is 1. The van der Waals surface area contributed by atoms with E-state index in [9.17, 15) is 9.59 Å². The molecule has 0 aliphatic carbocycles. The zero-order valence-electron chi connectivity index (χ0n) is 21.2. The smallest absolute Gasteiger partial charge is 0.241 e. The average molecular weight is 512 g/mol. The lowest BCUT2D eigenvalue weighted by atomic mass is 10.1. The molecule has 2 amide bonds. The van der Waals surface area contributed by atoms with Crippen molar-refractivity contribution < 1.29 is 9.59 Å². The molecule has 0 radical (unpaired) electrons. The van der Waals surface area contributed by atoms with Gasteiger partial charge in [-0.15, -0.1) is 0 Å². The van der Waals surface area contributed by atoms with Crippen molar-refractivity contribution in [2.45, 2.75) is 13.8 Å². The Morgan fingerprint density at radius 2 is 1.74 bits per heavy atom. The highest BCUT2D eigenvalue weighted by Crippen LogP contribution is 2.30. The number of H-pyrrole nitrogens is 1. The fourth-order valence-corrected chi connectivity index (χ4v) is 4.43. The molecule has 1 aliphatic rings. The molecule has 0 bridgehead atoms. The Bertz CT molecular complexity index is 1500. The number of nitrogens with one attached hydrogen (secondary N) is 3. The maximum Gasteiger partial charge on any atom is 0.241 e. The highest BCUT2D eigenvalue weighted by Gasteiger charge is 2.19. The molecule has 3 heterocycles. The number of nitrogens with zero attached hydrogens (tertiary/aromatic N) is 5. The summed E-state index contributed by atoms with van der Waals surface area (Å²) in [4.78, 5) is 36.3. The average Bonchev–Trinajstić information content (AvgIpc) is 3.29. The second-order valence-electron chi connectivity index (χ2n) is 9.06. The van der Waals surface area contributed by atoms with E-state index in [1.165, 1.54) is 6.08 Å². The first-order valence-corrected chi connectivity index (χ1v) is 12.3. The predicted molar refractivity (Wildman–Crippen MR) is 149 cm³/mol. The van der Waals surface area contributed by atoms with Gasteiger partial charge in [-0.1, -0.05) is 18.2 Å². The molecule has 194 valence electrons. The van der Waals surface area contributed by atoms with Crippen LogP contribution in [-0.2, 0) is 9.59 Å². The number of hydrogen-bond acceptors (Lipinski definition) is 8. The number of hydrogen-bond donors (Lipinski definition) is 4. The molecular weight excluding hydrogens is 482 g/mol. The number of aromatic amines is 1. The van der Waals surface area contributed by atoms with Gasteiger partial charge in [0.2, 0.25) is 17.8 Å². The maximum absolute atomic E-state index is 11.6. The van der Waals surface area contributed by atoms with Crippen LogP contribution in [0.15, 0.2) is 54.6 Å². The summed E-state index contributed by atoms with van der Waals surface area (Å²) in [5, 5.41) is 14.7. The molecule has 11 heteroatoms. The second kappa shape index (κ2) is 10.6. The number of carbonyl (C=O) groups is 2. The van der Waals surface area contributed by atoms with Gasteiger partial charge in [0.15, 0.2) is 5.65 Å². The van der Waals surface area contributed by atoms with Crippen LogP contribution in [0.3, 0.4) is 0 Å². The standard InChI is InChI=1S/C27H29N9O2/c1-17-24-25(30-22-6-4-3-5-19(22)7-12-23(28)38)31-27(32-26(24)34-33-17)29-20-8-10-21(11-9-20)36-15-13-35(14-16-36)18(2)37/h3-12H,13-16H2,1-2H3,(H2,28,38)(H3,29,30,31,32,33,34). The van der Waals surface area contributed by atoms with Gasteiger partial charge in [-0.2, -0.15) is 15.1 Å². The number of rotatable bonds is 7. The number of piperazine rings is 1. The number of benzene rings is 2. The lowest BCUT2D eigenvalue weighted by Crippen LogP contribution is -2.48. The van der Waals surface area contributed by atoms with Gasteiger partial charge in [0, 0.05) is 61.9 Å². The number of primary amides is 1. The van der Waals surface area contributed by atoms with Crippen LogP contribution in [0.25, 0.3) is 17.1 Å². The second-order valence-corrected chi connectivity index (χ2v) is 9.06. The summed E-state index contributed by atoms with van der Waals surface area (Å²) >= 11 is 0. The molecule has 0 unspecified atom stereocenters. The van der Waals surface area contributed by atoms with Gasteiger partial charge >= 0.3 is 0 Å². The summed E-state index contributed by atoms with van der Waals surface area (Å²) < 4.78 is 0. The number of nitrogens with two attached hydrogens (primary N) is 1. The van der Waals surface area contributed by atoms with Crippen molar-refractivity contribution in [1.29, 1.82) is 0 Å². The van der Waals surface area contributed by atoms with E-state index in [0.717, 1.165) is 59.9 Å². The Morgan fingerprint density at radius 1 is 1.00 bits per heavy atom. The fourth-order valence-electron chi connectivity index (χ4n) is 4.43. The third-order valence-corrected chi connectivity index (χ3v) is 6.45. The molecule has 5 N–H and O–H groups in total. The van der Waals surface area contributed by atoms with Crippen molar-refractivity contribution in [3.63, 3.8) is 0 Å². The number of anilines is 5. The van der Waals surface area contributed by atoms with Crippen LogP contribution in [0.1, 0.15) is 18.2 Å². The molecule has 0 atom stereocenters. The van der Waals surface area contributed by atoms with Crippen molar-refractivity contribution in [2.24, 2.45) is 5.73 Å². The van der Waals surface area contributed by atoms with Crippen molar-refractivity contribution in [1.82, 2.24) is 25.1 Å². The van der Waals surface area contributed by atoms with E-state index in [0.29, 0.717) is 17.4 Å². The normalized spacial score (nSPS) is 13.7. The molecule has 0 saturated carbocycles. The summed E-state index contributed by atoms with van der Waals surface area (Å²) in [7, 11) is 0. The van der Waals surface area contributed by atoms with E-state index in [1.54, 1.807) is 13.0 Å². The van der Waals surface area contributed by atoms with Crippen LogP contribution in [0.5, 0.6) is 0 Å². The topological polar surface area (TPSA) is 145 Å². The highest BCUT2D eigenvalue weighted by atomic mass is 16.2. The summed E-state index contributed by atoms with van der Waals surface area (Å²) in [5.74, 6) is 0.557. The summed E-state index contributed by atoms with van der Waals surface area (Å²) in [5.41, 5.74) is 10.1. The van der Waals surface area contributed by atoms with E-state index in [-0.39, 0.29) is 5.91 Å². The van der Waals surface area contributed by atoms with E-state index in [4.69, 9.17) is 10.7 Å². The minimum absolute atomic E-state index is 0.118. The van der Waals surface area contributed by atoms with E-state index < -0.39 is 5.91 Å². The van der Waals surface area contributed by atoms with Gasteiger partial charge in [-0.3, -0.25) is 14.7 Å². The van der Waals surface area contributed by atoms with Crippen molar-refractivity contribution in [3.05, 3.63) is 65.9 Å². The largest absolute Gasteiger partial charge is 0.368 e. The van der Waals surface area contributed by atoms with Gasteiger partial charge in [0.05, 0.1) is 5.39 Å². The first-order valence-electron chi connectivity index (χ1n) is 12.3. The van der Waals surface area contributed by atoms with Crippen LogP contribution in [0.2, 0.25) is 0 Å². The highest BCUT2D eigenvalue weighted by molar-refractivity contribution is 5.94. The summed E-state index contributed by atoms with van der Waals surface area (Å²) in [6.45, 7) is 6.57. The van der Waals surface area contributed by atoms with Crippen molar-refractivity contribution in [2.75, 3.05) is 41.7 Å². The molecular formula is C27H29N9O2. The lowest BCUT2D eigenvalue weighted by molar-refractivity contribution is -0.129. The van der Waals surface area contributed by atoms with Crippen LogP contribution in [-0.4, -0.2) is 63.1 Å². The maximum atomic E-state index is 11.6. The van der Waals surface area contributed by atoms with Crippen LogP contribution >= 0.6 is 0 Å². The van der Waals surface area contributed by atoms with Crippen LogP contribution < -0.4 is 21.3 Å². The molecule has 2 aromatic heterocycles. The molecule has 1 aliphatic heterocycles. The molecule has 2 aromatic carbocycles. The summed E-state index contributed by atoms with van der Waals surface area (Å²) in [6, 6.07) is 15.6. The van der Waals surface area contributed by atoms with Crippen molar-refractivity contribution in [3.8, 4) is 0 Å². The molecule has 0 spiro atoms. The molecule has 1 saturated heterocycles. The van der Waals surface area contributed by atoms with Gasteiger partial charge in [0.1, 0.15) is 5.82 Å². The first kappa shape index (κ1) is 24.8.